The number of pyridine rings is 1. The van der Waals surface area contributed by atoms with Gasteiger partial charge in [0.2, 0.25) is 0 Å². The quantitative estimate of drug-likeness (QED) is 0.910. The van der Waals surface area contributed by atoms with E-state index in [0.717, 1.165) is 22.3 Å². The second-order valence-corrected chi connectivity index (χ2v) is 4.82. The van der Waals surface area contributed by atoms with Crippen molar-refractivity contribution in [1.82, 2.24) is 4.98 Å². The lowest BCUT2D eigenvalue weighted by Gasteiger charge is -2.13. The van der Waals surface area contributed by atoms with Gasteiger partial charge in [0, 0.05) is 5.56 Å². The summed E-state index contributed by atoms with van der Waals surface area (Å²) in [4.78, 5) is 14.6. The standard InChI is InChI=1S/C16H16N2O2/c1-9-6-13(14(20-4)7-10(9)2)15-11(3)5-12(8-17)16(19)18-15/h5-7H,1-4H3,(H,18,19). The highest BCUT2D eigenvalue weighted by molar-refractivity contribution is 5.71. The largest absolute Gasteiger partial charge is 0.496 e. The Hall–Kier alpha value is -2.54. The van der Waals surface area contributed by atoms with E-state index in [1.807, 2.05) is 39.0 Å². The fraction of sp³-hybridized carbons (Fsp3) is 0.250. The van der Waals surface area contributed by atoms with Crippen molar-refractivity contribution < 1.29 is 4.74 Å². The third-order valence-corrected chi connectivity index (χ3v) is 3.44. The van der Waals surface area contributed by atoms with Gasteiger partial charge in [0.1, 0.15) is 17.4 Å². The number of hydrogen-bond acceptors (Lipinski definition) is 3. The first-order valence-electron chi connectivity index (χ1n) is 6.27. The van der Waals surface area contributed by atoms with Crippen LogP contribution in [0.2, 0.25) is 0 Å². The van der Waals surface area contributed by atoms with Gasteiger partial charge >= 0.3 is 0 Å². The Bertz CT molecular complexity index is 767. The molecule has 2 aromatic rings. The summed E-state index contributed by atoms with van der Waals surface area (Å²) in [6.45, 7) is 5.88. The van der Waals surface area contributed by atoms with E-state index in [1.165, 1.54) is 0 Å². The number of hydrogen-bond donors (Lipinski definition) is 1. The summed E-state index contributed by atoms with van der Waals surface area (Å²) in [5, 5.41) is 8.89. The highest BCUT2D eigenvalue weighted by Crippen LogP contribution is 2.32. The molecule has 0 bridgehead atoms. The van der Waals surface area contributed by atoms with E-state index in [4.69, 9.17) is 10.00 Å². The van der Waals surface area contributed by atoms with Gasteiger partial charge in [-0.25, -0.2) is 0 Å². The van der Waals surface area contributed by atoms with Crippen molar-refractivity contribution >= 4 is 0 Å². The van der Waals surface area contributed by atoms with Gasteiger partial charge in [-0.3, -0.25) is 4.79 Å². The highest BCUT2D eigenvalue weighted by Gasteiger charge is 2.13. The number of methoxy groups -OCH3 is 1. The molecular weight excluding hydrogens is 252 g/mol. The number of aromatic amines is 1. The third kappa shape index (κ3) is 2.30. The van der Waals surface area contributed by atoms with E-state index in [2.05, 4.69) is 4.98 Å². The number of rotatable bonds is 2. The smallest absolute Gasteiger partial charge is 0.266 e. The zero-order valence-electron chi connectivity index (χ0n) is 12.0. The van der Waals surface area contributed by atoms with Crippen molar-refractivity contribution in [2.45, 2.75) is 20.8 Å². The van der Waals surface area contributed by atoms with E-state index in [1.54, 1.807) is 13.2 Å². The van der Waals surface area contributed by atoms with Gasteiger partial charge in [0.25, 0.3) is 5.56 Å². The first-order valence-corrected chi connectivity index (χ1v) is 6.27. The Morgan fingerprint density at radius 2 is 1.75 bits per heavy atom. The molecule has 0 saturated heterocycles. The molecule has 0 saturated carbocycles. The maximum Gasteiger partial charge on any atom is 0.266 e. The molecule has 2 rings (SSSR count). The number of nitriles is 1. The van der Waals surface area contributed by atoms with Crippen LogP contribution in [0.5, 0.6) is 5.75 Å². The summed E-state index contributed by atoms with van der Waals surface area (Å²) in [6, 6.07) is 7.42. The molecule has 0 aliphatic heterocycles. The predicted molar refractivity (Wildman–Crippen MR) is 78.0 cm³/mol. The number of aryl methyl sites for hydroxylation is 3. The second-order valence-electron chi connectivity index (χ2n) is 4.82. The lowest BCUT2D eigenvalue weighted by molar-refractivity contribution is 0.416. The first-order chi connectivity index (χ1) is 9.47. The van der Waals surface area contributed by atoms with Crippen molar-refractivity contribution in [3.05, 3.63) is 50.8 Å². The summed E-state index contributed by atoms with van der Waals surface area (Å²) in [5.41, 5.74) is 4.33. The van der Waals surface area contributed by atoms with Crippen LogP contribution in [0.4, 0.5) is 0 Å². The second kappa shape index (κ2) is 5.22. The molecule has 0 amide bonds. The summed E-state index contributed by atoms with van der Waals surface area (Å²) in [7, 11) is 1.60. The van der Waals surface area contributed by atoms with E-state index in [-0.39, 0.29) is 11.1 Å². The molecule has 0 radical (unpaired) electrons. The van der Waals surface area contributed by atoms with Gasteiger partial charge < -0.3 is 9.72 Å². The molecule has 0 fully saturated rings. The van der Waals surface area contributed by atoms with Crippen molar-refractivity contribution in [2.24, 2.45) is 0 Å². The molecular formula is C16H16N2O2. The van der Waals surface area contributed by atoms with Crippen LogP contribution in [0, 0.1) is 32.1 Å². The normalized spacial score (nSPS) is 10.2. The molecule has 0 aliphatic rings. The van der Waals surface area contributed by atoms with Crippen LogP contribution in [-0.2, 0) is 0 Å². The number of aromatic nitrogens is 1. The first kappa shape index (κ1) is 13.9. The number of benzene rings is 1. The van der Waals surface area contributed by atoms with Gasteiger partial charge in [-0.1, -0.05) is 0 Å². The van der Waals surface area contributed by atoms with Crippen LogP contribution in [0.25, 0.3) is 11.3 Å². The number of nitrogens with zero attached hydrogens (tertiary/aromatic N) is 1. The van der Waals surface area contributed by atoms with Crippen LogP contribution in [-0.4, -0.2) is 12.1 Å². The minimum absolute atomic E-state index is 0.119. The molecule has 1 aromatic heterocycles. The van der Waals surface area contributed by atoms with Crippen LogP contribution in [0.3, 0.4) is 0 Å². The third-order valence-electron chi connectivity index (χ3n) is 3.44. The van der Waals surface area contributed by atoms with E-state index in [0.29, 0.717) is 11.4 Å². The molecule has 4 nitrogen and oxygen atoms in total. The molecule has 0 aliphatic carbocycles. The lowest BCUT2D eigenvalue weighted by Crippen LogP contribution is -2.12. The number of H-pyrrole nitrogens is 1. The Balaban J connectivity index is 2.75. The average Bonchev–Trinajstić information content (AvgIpc) is 2.43. The Kier molecular flexibility index (Phi) is 3.62. The molecule has 20 heavy (non-hydrogen) atoms. The fourth-order valence-corrected chi connectivity index (χ4v) is 2.15. The Labute approximate surface area is 117 Å². The molecule has 0 spiro atoms. The number of nitrogens with one attached hydrogen (secondary N) is 1. The molecule has 102 valence electrons. The van der Waals surface area contributed by atoms with Crippen LogP contribution in [0.1, 0.15) is 22.3 Å². The molecule has 0 atom stereocenters. The number of ether oxygens (including phenoxy) is 1. The summed E-state index contributed by atoms with van der Waals surface area (Å²) >= 11 is 0. The van der Waals surface area contributed by atoms with Crippen LogP contribution >= 0.6 is 0 Å². The highest BCUT2D eigenvalue weighted by atomic mass is 16.5. The van der Waals surface area contributed by atoms with Gasteiger partial charge in [0.15, 0.2) is 0 Å². The van der Waals surface area contributed by atoms with Gasteiger partial charge in [-0.05, 0) is 55.7 Å². The van der Waals surface area contributed by atoms with Gasteiger partial charge in [-0.15, -0.1) is 0 Å². The molecule has 0 unspecified atom stereocenters. The predicted octanol–water partition coefficient (Wildman–Crippen LogP) is 2.85. The molecule has 4 heteroatoms. The average molecular weight is 268 g/mol. The SMILES string of the molecule is COc1cc(C)c(C)cc1-c1[nH]c(=O)c(C#N)cc1C. The van der Waals surface area contributed by atoms with Crippen LogP contribution < -0.4 is 10.3 Å². The van der Waals surface area contributed by atoms with Gasteiger partial charge in [0.05, 0.1) is 12.8 Å². The topological polar surface area (TPSA) is 65.9 Å². The summed E-state index contributed by atoms with van der Waals surface area (Å²) in [6.07, 6.45) is 0. The maximum atomic E-state index is 11.8. The molecule has 1 aromatic carbocycles. The molecule has 1 heterocycles. The summed E-state index contributed by atoms with van der Waals surface area (Å²) < 4.78 is 5.40. The van der Waals surface area contributed by atoms with E-state index >= 15 is 0 Å². The Morgan fingerprint density at radius 3 is 2.35 bits per heavy atom. The van der Waals surface area contributed by atoms with Gasteiger partial charge in [-0.2, -0.15) is 5.26 Å². The minimum atomic E-state index is -0.381. The van der Waals surface area contributed by atoms with Crippen molar-refractivity contribution in [3.8, 4) is 23.1 Å². The minimum Gasteiger partial charge on any atom is -0.496 e. The lowest BCUT2D eigenvalue weighted by atomic mass is 9.99. The summed E-state index contributed by atoms with van der Waals surface area (Å²) in [5.74, 6) is 0.705. The zero-order chi connectivity index (χ0) is 14.9. The van der Waals surface area contributed by atoms with Crippen molar-refractivity contribution in [3.63, 3.8) is 0 Å². The fourth-order valence-electron chi connectivity index (χ4n) is 2.15. The maximum absolute atomic E-state index is 11.8. The monoisotopic (exact) mass is 268 g/mol. The molecule has 1 N–H and O–H groups in total. The Morgan fingerprint density at radius 1 is 1.10 bits per heavy atom. The van der Waals surface area contributed by atoms with E-state index in [9.17, 15) is 4.79 Å². The van der Waals surface area contributed by atoms with Crippen molar-refractivity contribution in [2.75, 3.05) is 7.11 Å². The van der Waals surface area contributed by atoms with Crippen LogP contribution in [0.15, 0.2) is 23.0 Å². The zero-order valence-corrected chi connectivity index (χ0v) is 12.0. The van der Waals surface area contributed by atoms with Crippen molar-refractivity contribution in [1.29, 1.82) is 5.26 Å². The van der Waals surface area contributed by atoms with E-state index < -0.39 is 0 Å².